The van der Waals surface area contributed by atoms with Gasteiger partial charge in [-0.05, 0) is 49.6 Å². The molecule has 180 valence electrons. The highest BCUT2D eigenvalue weighted by atomic mass is 19.1. The maximum Gasteiger partial charge on any atom is 0.257 e. The van der Waals surface area contributed by atoms with Crippen LogP contribution < -0.4 is 5.32 Å². The van der Waals surface area contributed by atoms with Crippen LogP contribution in [0.4, 0.5) is 10.2 Å². The zero-order valence-electron chi connectivity index (χ0n) is 20.8. The Labute approximate surface area is 200 Å². The molecule has 1 heterocycles. The summed E-state index contributed by atoms with van der Waals surface area (Å²) in [5, 5.41) is 7.72. The lowest BCUT2D eigenvalue weighted by atomic mass is 9.92. The fourth-order valence-corrected chi connectivity index (χ4v) is 3.67. The summed E-state index contributed by atoms with van der Waals surface area (Å²) in [5.41, 5.74) is 3.61. The van der Waals surface area contributed by atoms with Gasteiger partial charge < -0.3 is 10.2 Å². The number of aromatic nitrogens is 2. The summed E-state index contributed by atoms with van der Waals surface area (Å²) in [6.45, 7) is 12.3. The molecule has 0 spiro atoms. The Morgan fingerprint density at radius 3 is 2.44 bits per heavy atom. The summed E-state index contributed by atoms with van der Waals surface area (Å²) in [6, 6.07) is 13.6. The van der Waals surface area contributed by atoms with Crippen LogP contribution in [0.15, 0.2) is 48.5 Å². The summed E-state index contributed by atoms with van der Waals surface area (Å²) in [7, 11) is 0. The Balaban J connectivity index is 1.91. The van der Waals surface area contributed by atoms with E-state index >= 15 is 0 Å². The second kappa shape index (κ2) is 10.2. The molecule has 0 fully saturated rings. The van der Waals surface area contributed by atoms with E-state index in [0.717, 1.165) is 22.5 Å². The van der Waals surface area contributed by atoms with Crippen molar-refractivity contribution in [2.45, 2.75) is 53.4 Å². The van der Waals surface area contributed by atoms with E-state index in [4.69, 9.17) is 5.10 Å². The number of nitrogens with one attached hydrogen (secondary N) is 1. The van der Waals surface area contributed by atoms with Crippen LogP contribution in [0.2, 0.25) is 0 Å². The number of anilines is 1. The van der Waals surface area contributed by atoms with Gasteiger partial charge in [0.05, 0.1) is 16.9 Å². The molecule has 6 nitrogen and oxygen atoms in total. The van der Waals surface area contributed by atoms with Gasteiger partial charge in [0.2, 0.25) is 5.91 Å². The molecule has 1 N–H and O–H groups in total. The number of halogens is 1. The van der Waals surface area contributed by atoms with Crippen LogP contribution in [0.3, 0.4) is 0 Å². The van der Waals surface area contributed by atoms with Crippen molar-refractivity contribution in [3.8, 4) is 5.69 Å². The summed E-state index contributed by atoms with van der Waals surface area (Å²) in [5.74, 6) is -0.950. The number of amides is 2. The van der Waals surface area contributed by atoms with Crippen molar-refractivity contribution < 1.29 is 14.0 Å². The Kier molecular flexibility index (Phi) is 7.54. The summed E-state index contributed by atoms with van der Waals surface area (Å²) >= 11 is 0. The molecule has 0 bridgehead atoms. The van der Waals surface area contributed by atoms with Gasteiger partial charge in [-0.25, -0.2) is 9.07 Å². The van der Waals surface area contributed by atoms with Gasteiger partial charge in [-0.1, -0.05) is 52.0 Å². The van der Waals surface area contributed by atoms with Crippen LogP contribution in [-0.4, -0.2) is 39.6 Å². The van der Waals surface area contributed by atoms with E-state index < -0.39 is 11.7 Å². The van der Waals surface area contributed by atoms with Crippen molar-refractivity contribution >= 4 is 17.6 Å². The van der Waals surface area contributed by atoms with Gasteiger partial charge in [0, 0.05) is 18.0 Å². The van der Waals surface area contributed by atoms with Gasteiger partial charge >= 0.3 is 0 Å². The first kappa shape index (κ1) is 25.1. The number of aryl methyl sites for hydroxylation is 1. The molecule has 0 unspecified atom stereocenters. The van der Waals surface area contributed by atoms with Crippen molar-refractivity contribution in [2.24, 2.45) is 0 Å². The second-order valence-corrected chi connectivity index (χ2v) is 9.55. The minimum Gasteiger partial charge on any atom is -0.329 e. The lowest BCUT2D eigenvalue weighted by Gasteiger charge is -2.22. The fourth-order valence-electron chi connectivity index (χ4n) is 3.67. The largest absolute Gasteiger partial charge is 0.329 e. The van der Waals surface area contributed by atoms with Gasteiger partial charge in [0.15, 0.2) is 0 Å². The summed E-state index contributed by atoms with van der Waals surface area (Å²) in [4.78, 5) is 27.4. The quantitative estimate of drug-likeness (QED) is 0.508. The van der Waals surface area contributed by atoms with Crippen molar-refractivity contribution in [3.63, 3.8) is 0 Å². The number of hydrogen-bond donors (Lipinski definition) is 1. The molecule has 7 heteroatoms. The Hall–Kier alpha value is -3.48. The van der Waals surface area contributed by atoms with Crippen LogP contribution in [0.1, 0.15) is 61.3 Å². The van der Waals surface area contributed by atoms with Gasteiger partial charge in [-0.2, -0.15) is 5.10 Å². The van der Waals surface area contributed by atoms with Crippen molar-refractivity contribution in [1.82, 2.24) is 14.7 Å². The van der Waals surface area contributed by atoms with Crippen molar-refractivity contribution in [2.75, 3.05) is 18.4 Å². The third kappa shape index (κ3) is 5.53. The third-order valence-corrected chi connectivity index (χ3v) is 5.77. The van der Waals surface area contributed by atoms with E-state index in [1.807, 2.05) is 45.0 Å². The van der Waals surface area contributed by atoms with Gasteiger partial charge in [0.25, 0.3) is 5.91 Å². The highest BCUT2D eigenvalue weighted by Gasteiger charge is 2.24. The fraction of sp³-hybridized carbons (Fsp3) is 0.370. The predicted molar refractivity (Wildman–Crippen MR) is 133 cm³/mol. The highest BCUT2D eigenvalue weighted by molar-refractivity contribution is 5.99. The average molecular weight is 465 g/mol. The molecule has 0 radical (unpaired) electrons. The smallest absolute Gasteiger partial charge is 0.257 e. The van der Waals surface area contributed by atoms with Crippen molar-refractivity contribution in [3.05, 3.63) is 76.7 Å². The molecule has 2 aromatic carbocycles. The van der Waals surface area contributed by atoms with Crippen molar-refractivity contribution in [1.29, 1.82) is 0 Å². The second-order valence-electron chi connectivity index (χ2n) is 9.55. The average Bonchev–Trinajstić information content (AvgIpc) is 3.19. The Morgan fingerprint density at radius 1 is 1.09 bits per heavy atom. The standard InChI is InChI=1S/C27H33FN4O2/c1-7-15-31(26(34)20-12-8-9-13-21(20)28)17-25(33)29-24-16-23(27(4,5)6)30-32(24)22-14-10-11-18(2)19(22)3/h8-14,16H,7,15,17H2,1-6H3,(H,29,33). The molecular weight excluding hydrogens is 431 g/mol. The highest BCUT2D eigenvalue weighted by Crippen LogP contribution is 2.28. The SMILES string of the molecule is CCCN(CC(=O)Nc1cc(C(C)(C)C)nn1-c1cccc(C)c1C)C(=O)c1ccccc1F. The van der Waals surface area contributed by atoms with Gasteiger partial charge in [-0.3, -0.25) is 9.59 Å². The lowest BCUT2D eigenvalue weighted by Crippen LogP contribution is -2.39. The number of nitrogens with zero attached hydrogens (tertiary/aromatic N) is 3. The van der Waals surface area contributed by atoms with Crippen LogP contribution in [0.25, 0.3) is 5.69 Å². The Morgan fingerprint density at radius 2 is 1.79 bits per heavy atom. The van der Waals surface area contributed by atoms with Crippen LogP contribution in [0, 0.1) is 19.7 Å². The monoisotopic (exact) mass is 464 g/mol. The van der Waals surface area contributed by atoms with E-state index in [-0.39, 0.29) is 23.4 Å². The summed E-state index contributed by atoms with van der Waals surface area (Å²) < 4.78 is 15.9. The number of benzene rings is 2. The first-order valence-corrected chi connectivity index (χ1v) is 11.5. The van der Waals surface area contributed by atoms with E-state index in [1.54, 1.807) is 10.7 Å². The lowest BCUT2D eigenvalue weighted by molar-refractivity contribution is -0.116. The molecule has 3 aromatic rings. The maximum atomic E-state index is 14.2. The molecule has 3 rings (SSSR count). The zero-order valence-corrected chi connectivity index (χ0v) is 20.8. The third-order valence-electron chi connectivity index (χ3n) is 5.77. The number of carbonyl (C=O) groups is 2. The molecular formula is C27H33FN4O2. The normalized spacial score (nSPS) is 11.4. The van der Waals surface area contributed by atoms with Gasteiger partial charge in [0.1, 0.15) is 18.2 Å². The first-order valence-electron chi connectivity index (χ1n) is 11.5. The van der Waals surface area contributed by atoms with E-state index in [9.17, 15) is 14.0 Å². The van der Waals surface area contributed by atoms with E-state index in [0.29, 0.717) is 18.8 Å². The van der Waals surface area contributed by atoms with E-state index in [2.05, 4.69) is 26.1 Å². The molecule has 0 saturated carbocycles. The zero-order chi connectivity index (χ0) is 25.0. The number of rotatable bonds is 7. The minimum absolute atomic E-state index is 0.0424. The first-order chi connectivity index (χ1) is 16.0. The van der Waals surface area contributed by atoms with Crippen LogP contribution in [0.5, 0.6) is 0 Å². The molecule has 34 heavy (non-hydrogen) atoms. The number of carbonyl (C=O) groups excluding carboxylic acids is 2. The predicted octanol–water partition coefficient (Wildman–Crippen LogP) is 5.42. The Bertz CT molecular complexity index is 1190. The number of hydrogen-bond acceptors (Lipinski definition) is 3. The van der Waals surface area contributed by atoms with Crippen LogP contribution in [-0.2, 0) is 10.2 Å². The maximum absolute atomic E-state index is 14.2. The minimum atomic E-state index is -0.600. The molecule has 1 aromatic heterocycles. The molecule has 2 amide bonds. The van der Waals surface area contributed by atoms with Crippen LogP contribution >= 0.6 is 0 Å². The van der Waals surface area contributed by atoms with Gasteiger partial charge in [-0.15, -0.1) is 0 Å². The molecule has 0 aliphatic heterocycles. The topological polar surface area (TPSA) is 67.2 Å². The molecule has 0 saturated heterocycles. The molecule has 0 aliphatic carbocycles. The summed E-state index contributed by atoms with van der Waals surface area (Å²) in [6.07, 6.45) is 0.641. The van der Waals surface area contributed by atoms with E-state index in [1.165, 1.54) is 23.1 Å². The molecule has 0 atom stereocenters. The molecule has 0 aliphatic rings.